The number of ether oxygens (including phenoxy) is 2. The van der Waals surface area contributed by atoms with E-state index in [2.05, 4.69) is 4.74 Å². The molecule has 1 amide bonds. The number of rotatable bonds is 2. The first-order chi connectivity index (χ1) is 8.26. The number of carbonyl (C=O) groups is 1. The maximum Gasteiger partial charge on any atom is 0.410 e. The molecule has 2 heterocycles. The van der Waals surface area contributed by atoms with E-state index >= 15 is 0 Å². The van der Waals surface area contributed by atoms with E-state index in [1.54, 1.807) is 4.90 Å². The second kappa shape index (κ2) is 4.64. The molecule has 2 atom stereocenters. The van der Waals surface area contributed by atoms with Gasteiger partial charge in [-0.25, -0.2) is 4.79 Å². The van der Waals surface area contributed by atoms with Gasteiger partial charge in [0.1, 0.15) is 5.60 Å². The minimum absolute atomic E-state index is 0.0117. The molecule has 0 radical (unpaired) electrons. The smallest absolute Gasteiger partial charge is 0.410 e. The fourth-order valence-electron chi connectivity index (χ4n) is 2.69. The molecule has 4 nitrogen and oxygen atoms in total. The summed E-state index contributed by atoms with van der Waals surface area (Å²) in [4.78, 5) is 13.6. The van der Waals surface area contributed by atoms with Crippen LogP contribution in [0, 0.1) is 0 Å². The molecular formula is C12H19F2NO3. The van der Waals surface area contributed by atoms with E-state index in [-0.39, 0.29) is 18.2 Å². The molecule has 0 aromatic rings. The van der Waals surface area contributed by atoms with Crippen molar-refractivity contribution in [3.63, 3.8) is 0 Å². The number of hydrogen-bond acceptors (Lipinski definition) is 3. The minimum Gasteiger partial charge on any atom is -0.444 e. The highest BCUT2D eigenvalue weighted by Crippen LogP contribution is 2.40. The van der Waals surface area contributed by atoms with E-state index in [1.165, 1.54) is 0 Å². The molecule has 3 fully saturated rings. The van der Waals surface area contributed by atoms with Crippen LogP contribution in [0.25, 0.3) is 0 Å². The van der Waals surface area contributed by atoms with Gasteiger partial charge in [-0.1, -0.05) is 0 Å². The van der Waals surface area contributed by atoms with Crippen LogP contribution in [0.1, 0.15) is 40.0 Å². The van der Waals surface area contributed by atoms with Crippen molar-refractivity contribution in [1.82, 2.24) is 4.90 Å². The molecule has 0 spiro atoms. The number of hydrogen-bond donors (Lipinski definition) is 0. The van der Waals surface area contributed by atoms with Gasteiger partial charge in [-0.3, -0.25) is 0 Å². The molecule has 2 aliphatic heterocycles. The number of amides is 1. The molecule has 0 N–H and O–H groups in total. The Morgan fingerprint density at radius 2 is 1.78 bits per heavy atom. The van der Waals surface area contributed by atoms with E-state index in [4.69, 9.17) is 4.74 Å². The van der Waals surface area contributed by atoms with Crippen molar-refractivity contribution in [2.45, 2.75) is 70.4 Å². The molecule has 18 heavy (non-hydrogen) atoms. The molecular weight excluding hydrogens is 244 g/mol. The van der Waals surface area contributed by atoms with Crippen molar-refractivity contribution in [3.8, 4) is 0 Å². The zero-order valence-electron chi connectivity index (χ0n) is 10.9. The summed E-state index contributed by atoms with van der Waals surface area (Å²) in [5.41, 5.74) is -0.528. The summed E-state index contributed by atoms with van der Waals surface area (Å²) >= 11 is 0. The van der Waals surface area contributed by atoms with Gasteiger partial charge < -0.3 is 14.4 Å². The Morgan fingerprint density at radius 3 is 2.22 bits per heavy atom. The highest BCUT2D eigenvalue weighted by atomic mass is 19.3. The lowest BCUT2D eigenvalue weighted by Crippen LogP contribution is -2.64. The first kappa shape index (κ1) is 13.5. The Labute approximate surface area is 105 Å². The zero-order valence-corrected chi connectivity index (χ0v) is 10.9. The van der Waals surface area contributed by atoms with Crippen molar-refractivity contribution in [2.24, 2.45) is 0 Å². The van der Waals surface area contributed by atoms with Gasteiger partial charge in [0, 0.05) is 12.1 Å². The average molecular weight is 263 g/mol. The number of fused-ring (bicyclic) bond motifs is 2. The van der Waals surface area contributed by atoms with Crippen molar-refractivity contribution < 1.29 is 23.0 Å². The van der Waals surface area contributed by atoms with Gasteiger partial charge in [-0.15, -0.1) is 0 Å². The van der Waals surface area contributed by atoms with Crippen LogP contribution >= 0.6 is 0 Å². The molecule has 104 valence electrons. The van der Waals surface area contributed by atoms with E-state index in [0.717, 1.165) is 6.42 Å². The monoisotopic (exact) mass is 263 g/mol. The Bertz CT molecular complexity index is 318. The van der Waals surface area contributed by atoms with Gasteiger partial charge in [0.25, 0.3) is 0 Å². The quantitative estimate of drug-likeness (QED) is 0.769. The van der Waals surface area contributed by atoms with E-state index in [0.29, 0.717) is 12.8 Å². The second-order valence-electron chi connectivity index (χ2n) is 5.92. The van der Waals surface area contributed by atoms with Crippen molar-refractivity contribution >= 4 is 6.09 Å². The van der Waals surface area contributed by atoms with Crippen molar-refractivity contribution in [1.29, 1.82) is 0 Å². The summed E-state index contributed by atoms with van der Waals surface area (Å²) in [6, 6.07) is -0.0234. The molecule has 1 aliphatic carbocycles. The van der Waals surface area contributed by atoms with E-state index < -0.39 is 18.3 Å². The first-order valence-electron chi connectivity index (χ1n) is 6.21. The van der Waals surface area contributed by atoms with Crippen LogP contribution < -0.4 is 0 Å². The maximum absolute atomic E-state index is 12.1. The number of piperidine rings is 1. The lowest BCUT2D eigenvalue weighted by molar-refractivity contribution is -0.196. The van der Waals surface area contributed by atoms with Gasteiger partial charge in [-0.2, -0.15) is 8.78 Å². The number of carbonyl (C=O) groups excluding carboxylic acids is 1. The third kappa shape index (κ3) is 2.91. The predicted octanol–water partition coefficient (Wildman–Crippen LogP) is 2.77. The predicted molar refractivity (Wildman–Crippen MR) is 60.4 cm³/mol. The average Bonchev–Trinajstić information content (AvgIpc) is 2.12. The fraction of sp³-hybridized carbons (Fsp3) is 0.917. The van der Waals surface area contributed by atoms with E-state index in [9.17, 15) is 13.6 Å². The summed E-state index contributed by atoms with van der Waals surface area (Å²) in [7, 11) is 0. The van der Waals surface area contributed by atoms with Crippen molar-refractivity contribution in [3.05, 3.63) is 0 Å². The first-order valence-corrected chi connectivity index (χ1v) is 6.21. The highest BCUT2D eigenvalue weighted by molar-refractivity contribution is 5.70. The number of alkyl halides is 2. The summed E-state index contributed by atoms with van der Waals surface area (Å²) in [6.45, 7) is 2.69. The fourth-order valence-corrected chi connectivity index (χ4v) is 2.69. The molecule has 1 saturated carbocycles. The van der Waals surface area contributed by atoms with Crippen LogP contribution in [0.5, 0.6) is 0 Å². The van der Waals surface area contributed by atoms with Gasteiger partial charge in [-0.05, 0) is 40.0 Å². The summed E-state index contributed by atoms with van der Waals surface area (Å²) < 4.78 is 34.0. The largest absolute Gasteiger partial charge is 0.444 e. The van der Waals surface area contributed by atoms with Crippen LogP contribution in [0.2, 0.25) is 0 Å². The summed E-state index contributed by atoms with van der Waals surface area (Å²) in [6.07, 6.45) is 1.02. The highest BCUT2D eigenvalue weighted by Gasteiger charge is 2.49. The lowest BCUT2D eigenvalue weighted by atomic mass is 9.78. The standard InChI is InChI=1S/C12H19F2NO3/c1-12(2,3)18-11(16)15-7-4-8(15)6-9(5-7)17-10(13)14/h7-10H,4-6H2,1-3H3. The topological polar surface area (TPSA) is 38.8 Å². The molecule has 3 aliphatic rings. The second-order valence-corrected chi connectivity index (χ2v) is 5.92. The molecule has 2 bridgehead atoms. The Hall–Kier alpha value is -0.910. The third-order valence-electron chi connectivity index (χ3n) is 3.30. The maximum atomic E-state index is 12.1. The SMILES string of the molecule is CC(C)(C)OC(=O)N1C2CC(OC(F)F)CC1C2. The van der Waals surface area contributed by atoms with Gasteiger partial charge in [0.05, 0.1) is 6.10 Å². The zero-order chi connectivity index (χ0) is 13.5. The van der Waals surface area contributed by atoms with E-state index in [1.807, 2.05) is 20.8 Å². The number of halogens is 2. The molecule has 0 aromatic heterocycles. The minimum atomic E-state index is -2.73. The Balaban J connectivity index is 1.87. The molecule has 2 unspecified atom stereocenters. The van der Waals surface area contributed by atoms with Crippen LogP contribution in [0.15, 0.2) is 0 Å². The lowest BCUT2D eigenvalue weighted by Gasteiger charge is -2.54. The third-order valence-corrected chi connectivity index (χ3v) is 3.30. The normalized spacial score (nSPS) is 31.2. The van der Waals surface area contributed by atoms with Gasteiger partial charge >= 0.3 is 12.7 Å². The summed E-state index contributed by atoms with van der Waals surface area (Å²) in [5.74, 6) is 0. The molecule has 0 aromatic carbocycles. The number of nitrogens with zero attached hydrogens (tertiary/aromatic N) is 1. The molecule has 3 rings (SSSR count). The van der Waals surface area contributed by atoms with Gasteiger partial charge in [0.2, 0.25) is 0 Å². The molecule has 6 heteroatoms. The van der Waals surface area contributed by atoms with Crippen LogP contribution in [-0.4, -0.2) is 41.4 Å². The van der Waals surface area contributed by atoms with Crippen molar-refractivity contribution in [2.75, 3.05) is 0 Å². The van der Waals surface area contributed by atoms with Crippen LogP contribution in [-0.2, 0) is 9.47 Å². The molecule has 2 saturated heterocycles. The van der Waals surface area contributed by atoms with Crippen LogP contribution in [0.4, 0.5) is 13.6 Å². The Morgan fingerprint density at radius 1 is 1.22 bits per heavy atom. The van der Waals surface area contributed by atoms with Gasteiger partial charge in [0.15, 0.2) is 0 Å². The van der Waals surface area contributed by atoms with Crippen LogP contribution in [0.3, 0.4) is 0 Å². The summed E-state index contributed by atoms with van der Waals surface area (Å²) in [5, 5.41) is 0. The Kier molecular flexibility index (Phi) is 3.49.